The summed E-state index contributed by atoms with van der Waals surface area (Å²) in [7, 11) is 1.61. The molecular formula is C32H39FN4O3. The Labute approximate surface area is 236 Å². The predicted molar refractivity (Wildman–Crippen MR) is 155 cm³/mol. The van der Waals surface area contributed by atoms with Gasteiger partial charge in [0.25, 0.3) is 5.91 Å². The summed E-state index contributed by atoms with van der Waals surface area (Å²) in [4.78, 5) is 37.4. The molecule has 0 spiro atoms. The fourth-order valence-corrected chi connectivity index (χ4v) is 5.20. The third kappa shape index (κ3) is 7.88. The highest BCUT2D eigenvalue weighted by Crippen LogP contribution is 2.27. The largest absolute Gasteiger partial charge is 0.497 e. The molecule has 4 rings (SSSR count). The monoisotopic (exact) mass is 546 g/mol. The lowest BCUT2D eigenvalue weighted by atomic mass is 10.1. The molecule has 0 radical (unpaired) electrons. The van der Waals surface area contributed by atoms with Crippen molar-refractivity contribution in [2.24, 2.45) is 5.92 Å². The lowest BCUT2D eigenvalue weighted by Gasteiger charge is -2.32. The maximum Gasteiger partial charge on any atom is 0.259 e. The van der Waals surface area contributed by atoms with E-state index in [-0.39, 0.29) is 24.8 Å². The van der Waals surface area contributed by atoms with Crippen molar-refractivity contribution in [3.63, 3.8) is 0 Å². The van der Waals surface area contributed by atoms with Crippen LogP contribution in [-0.2, 0) is 17.8 Å². The smallest absolute Gasteiger partial charge is 0.259 e. The summed E-state index contributed by atoms with van der Waals surface area (Å²) in [5.41, 5.74) is 2.58. The number of amides is 2. The number of halogens is 1. The van der Waals surface area contributed by atoms with Crippen LogP contribution in [-0.4, -0.2) is 66.4 Å². The average molecular weight is 547 g/mol. The molecule has 1 aromatic heterocycles. The van der Waals surface area contributed by atoms with Gasteiger partial charge in [0.1, 0.15) is 11.6 Å². The van der Waals surface area contributed by atoms with Gasteiger partial charge in [0, 0.05) is 44.3 Å². The highest BCUT2D eigenvalue weighted by atomic mass is 19.1. The molecule has 3 aromatic rings. The molecule has 2 aromatic carbocycles. The zero-order chi connectivity index (χ0) is 28.5. The van der Waals surface area contributed by atoms with Gasteiger partial charge in [0.05, 0.1) is 19.1 Å². The van der Waals surface area contributed by atoms with Gasteiger partial charge < -0.3 is 19.4 Å². The number of carbonyl (C=O) groups is 2. The van der Waals surface area contributed by atoms with E-state index >= 15 is 0 Å². The third-order valence-electron chi connectivity index (χ3n) is 7.10. The molecular weight excluding hydrogens is 507 g/mol. The van der Waals surface area contributed by atoms with E-state index in [0.29, 0.717) is 35.8 Å². The minimum Gasteiger partial charge on any atom is -0.497 e. The number of anilines is 1. The van der Waals surface area contributed by atoms with Gasteiger partial charge in [-0.25, -0.2) is 4.39 Å². The van der Waals surface area contributed by atoms with E-state index in [9.17, 15) is 14.0 Å². The van der Waals surface area contributed by atoms with Crippen LogP contribution in [0.15, 0.2) is 67.0 Å². The van der Waals surface area contributed by atoms with Gasteiger partial charge in [-0.1, -0.05) is 26.0 Å². The normalized spacial score (nSPS) is 15.2. The minimum atomic E-state index is -0.398. The Bertz CT molecular complexity index is 1270. The number of rotatable bonds is 6. The zero-order valence-corrected chi connectivity index (χ0v) is 23.7. The first-order chi connectivity index (χ1) is 19.3. The molecule has 0 saturated heterocycles. The van der Waals surface area contributed by atoms with E-state index in [2.05, 4.69) is 23.7 Å². The fraction of sp³-hybridized carbons (Fsp3) is 0.406. The van der Waals surface area contributed by atoms with E-state index in [1.165, 1.54) is 12.1 Å². The molecule has 7 nitrogen and oxygen atoms in total. The maximum atomic E-state index is 14.6. The quantitative estimate of drug-likeness (QED) is 0.425. The first-order valence-corrected chi connectivity index (χ1v) is 14.0. The molecule has 2 amide bonds. The van der Waals surface area contributed by atoms with Crippen molar-refractivity contribution in [2.45, 2.75) is 39.7 Å². The average Bonchev–Trinajstić information content (AvgIpc) is 2.94. The Hall–Kier alpha value is -3.78. The molecule has 0 atom stereocenters. The van der Waals surface area contributed by atoms with Gasteiger partial charge >= 0.3 is 0 Å². The summed E-state index contributed by atoms with van der Waals surface area (Å²) in [6.07, 6.45) is 4.99. The van der Waals surface area contributed by atoms with Gasteiger partial charge in [0.15, 0.2) is 0 Å². The number of hydrogen-bond donors (Lipinski definition) is 0. The predicted octanol–water partition coefficient (Wildman–Crippen LogP) is 5.20. The Kier molecular flexibility index (Phi) is 10.2. The number of nitrogens with zero attached hydrogens (tertiary/aromatic N) is 4. The van der Waals surface area contributed by atoms with E-state index in [1.54, 1.807) is 47.5 Å². The van der Waals surface area contributed by atoms with Crippen LogP contribution in [0.4, 0.5) is 10.1 Å². The van der Waals surface area contributed by atoms with E-state index in [1.807, 2.05) is 24.3 Å². The molecule has 0 bridgehead atoms. The summed E-state index contributed by atoms with van der Waals surface area (Å²) in [6, 6.07) is 15.4. The molecule has 1 aliphatic rings. The molecule has 1 aliphatic heterocycles. The second kappa shape index (κ2) is 14.0. The van der Waals surface area contributed by atoms with Crippen molar-refractivity contribution >= 4 is 17.5 Å². The van der Waals surface area contributed by atoms with Gasteiger partial charge in [-0.05, 0) is 85.4 Å². The van der Waals surface area contributed by atoms with Gasteiger partial charge in [-0.15, -0.1) is 0 Å². The van der Waals surface area contributed by atoms with Crippen LogP contribution in [0.1, 0.15) is 48.2 Å². The molecule has 212 valence electrons. The molecule has 0 saturated carbocycles. The lowest BCUT2D eigenvalue weighted by Crippen LogP contribution is -2.40. The minimum absolute atomic E-state index is 0.0435. The van der Waals surface area contributed by atoms with E-state index in [0.717, 1.165) is 43.8 Å². The number of methoxy groups -OCH3 is 1. The summed E-state index contributed by atoms with van der Waals surface area (Å²) in [5, 5.41) is 0. The van der Waals surface area contributed by atoms with Crippen LogP contribution in [0.3, 0.4) is 0 Å². The summed E-state index contributed by atoms with van der Waals surface area (Å²) in [6.45, 7) is 8.23. The van der Waals surface area contributed by atoms with Crippen LogP contribution in [0.5, 0.6) is 5.75 Å². The molecule has 0 fully saturated rings. The highest BCUT2D eigenvalue weighted by Gasteiger charge is 2.25. The van der Waals surface area contributed by atoms with E-state index < -0.39 is 5.82 Å². The number of fused-ring (bicyclic) bond motifs is 1. The number of ether oxygens (including phenoxy) is 1. The molecule has 2 heterocycles. The Morgan fingerprint density at radius 1 is 1.00 bits per heavy atom. The molecule has 8 heteroatoms. The number of aromatic nitrogens is 1. The van der Waals surface area contributed by atoms with Gasteiger partial charge in [-0.3, -0.25) is 14.6 Å². The Morgan fingerprint density at radius 2 is 1.75 bits per heavy atom. The molecule has 0 N–H and O–H groups in total. The number of pyridine rings is 1. The van der Waals surface area contributed by atoms with Gasteiger partial charge in [-0.2, -0.15) is 0 Å². The van der Waals surface area contributed by atoms with Crippen molar-refractivity contribution in [1.29, 1.82) is 0 Å². The Morgan fingerprint density at radius 3 is 2.42 bits per heavy atom. The van der Waals surface area contributed by atoms with Crippen LogP contribution >= 0.6 is 0 Å². The van der Waals surface area contributed by atoms with Crippen LogP contribution < -0.4 is 9.64 Å². The van der Waals surface area contributed by atoms with Crippen molar-refractivity contribution in [3.8, 4) is 5.75 Å². The van der Waals surface area contributed by atoms with Crippen LogP contribution in [0.2, 0.25) is 0 Å². The van der Waals surface area contributed by atoms with Crippen molar-refractivity contribution in [3.05, 3.63) is 89.5 Å². The topological polar surface area (TPSA) is 66.0 Å². The van der Waals surface area contributed by atoms with Crippen molar-refractivity contribution in [1.82, 2.24) is 14.8 Å². The molecule has 0 unspecified atom stereocenters. The number of benzene rings is 2. The van der Waals surface area contributed by atoms with E-state index in [4.69, 9.17) is 4.74 Å². The first kappa shape index (κ1) is 29.2. The Balaban J connectivity index is 1.68. The van der Waals surface area contributed by atoms with Crippen LogP contribution in [0, 0.1) is 11.7 Å². The number of hydrogen-bond acceptors (Lipinski definition) is 5. The standard InChI is InChI=1S/C32H39FN4O3/c1-24(2)22-35-15-5-17-36(31(38)19-25-8-11-29(40-3)12-9-25)23-27-20-28(33)10-13-30(27)37(18-6-16-35)32(39)26-7-4-14-34-21-26/h4,7-14,20-21,24H,5-6,15-19,22-23H2,1-3H3. The summed E-state index contributed by atoms with van der Waals surface area (Å²) in [5.74, 6) is 0.598. The fourth-order valence-electron chi connectivity index (χ4n) is 5.20. The third-order valence-corrected chi connectivity index (χ3v) is 7.10. The molecule has 40 heavy (non-hydrogen) atoms. The zero-order valence-electron chi connectivity index (χ0n) is 23.7. The van der Waals surface area contributed by atoms with Gasteiger partial charge in [0.2, 0.25) is 5.91 Å². The second-order valence-electron chi connectivity index (χ2n) is 10.7. The maximum absolute atomic E-state index is 14.6. The summed E-state index contributed by atoms with van der Waals surface area (Å²) < 4.78 is 19.8. The molecule has 0 aliphatic carbocycles. The van der Waals surface area contributed by atoms with Crippen molar-refractivity contribution < 1.29 is 18.7 Å². The number of carbonyl (C=O) groups excluding carboxylic acids is 2. The van der Waals surface area contributed by atoms with Crippen molar-refractivity contribution in [2.75, 3.05) is 44.7 Å². The van der Waals surface area contributed by atoms with Crippen LogP contribution in [0.25, 0.3) is 0 Å². The highest BCUT2D eigenvalue weighted by molar-refractivity contribution is 6.06. The summed E-state index contributed by atoms with van der Waals surface area (Å²) >= 11 is 0. The first-order valence-electron chi connectivity index (χ1n) is 14.0. The second-order valence-corrected chi connectivity index (χ2v) is 10.7. The lowest BCUT2D eigenvalue weighted by molar-refractivity contribution is -0.131. The SMILES string of the molecule is COc1ccc(CC(=O)N2CCCN(CC(C)C)CCCN(C(=O)c3cccnc3)c3ccc(F)cc3C2)cc1.